The first-order chi connectivity index (χ1) is 12.7. The molecule has 5 nitrogen and oxygen atoms in total. The maximum Gasteiger partial charge on any atom is 0.140 e. The maximum atomic E-state index is 11.1. The lowest BCUT2D eigenvalue weighted by Crippen LogP contribution is -2.43. The summed E-state index contributed by atoms with van der Waals surface area (Å²) < 4.78 is 0. The van der Waals surface area contributed by atoms with Crippen molar-refractivity contribution in [2.75, 3.05) is 24.5 Å². The van der Waals surface area contributed by atoms with Crippen molar-refractivity contribution in [2.45, 2.75) is 24.9 Å². The van der Waals surface area contributed by atoms with Gasteiger partial charge in [-0.3, -0.25) is 0 Å². The van der Waals surface area contributed by atoms with E-state index in [2.05, 4.69) is 16.0 Å². The van der Waals surface area contributed by atoms with Gasteiger partial charge in [-0.15, -0.1) is 0 Å². The van der Waals surface area contributed by atoms with Crippen molar-refractivity contribution in [3.8, 4) is 0 Å². The average molecular weight is 348 g/mol. The molecule has 2 heterocycles. The maximum absolute atomic E-state index is 11.1. The molecule has 0 bridgehead atoms. The summed E-state index contributed by atoms with van der Waals surface area (Å²) in [5, 5.41) is 12.1. The number of hydrogen-bond acceptors (Lipinski definition) is 5. The number of para-hydroxylation sites is 1. The van der Waals surface area contributed by atoms with Crippen LogP contribution in [0.5, 0.6) is 0 Å². The molecule has 2 aromatic carbocycles. The Hall–Kier alpha value is -2.50. The average Bonchev–Trinajstić information content (AvgIpc) is 2.69. The summed E-state index contributed by atoms with van der Waals surface area (Å²) >= 11 is 0. The first-order valence-corrected chi connectivity index (χ1v) is 9.18. The smallest absolute Gasteiger partial charge is 0.140 e. The summed E-state index contributed by atoms with van der Waals surface area (Å²) in [6.45, 7) is 2.05. The first kappa shape index (κ1) is 16.9. The highest BCUT2D eigenvalue weighted by Gasteiger charge is 2.34. The molecular weight excluding hydrogens is 324 g/mol. The van der Waals surface area contributed by atoms with Crippen LogP contribution in [0.15, 0.2) is 54.6 Å². The molecule has 4 rings (SSSR count). The van der Waals surface area contributed by atoms with E-state index >= 15 is 0 Å². The van der Waals surface area contributed by atoms with Crippen molar-refractivity contribution in [3.63, 3.8) is 0 Å². The Morgan fingerprint density at radius 3 is 2.38 bits per heavy atom. The van der Waals surface area contributed by atoms with E-state index in [1.165, 1.54) is 0 Å². The van der Waals surface area contributed by atoms with Crippen LogP contribution in [-0.2, 0) is 12.0 Å². The Morgan fingerprint density at radius 2 is 1.65 bits per heavy atom. The fourth-order valence-corrected chi connectivity index (χ4v) is 3.71. The first-order valence-electron chi connectivity index (χ1n) is 9.18. The monoisotopic (exact) mass is 348 g/mol. The molecule has 0 aliphatic carbocycles. The predicted molar refractivity (Wildman–Crippen MR) is 104 cm³/mol. The van der Waals surface area contributed by atoms with Crippen LogP contribution >= 0.6 is 0 Å². The van der Waals surface area contributed by atoms with Crippen LogP contribution in [-0.4, -0.2) is 34.7 Å². The molecule has 1 aliphatic rings. The molecule has 134 valence electrons. The van der Waals surface area contributed by atoms with E-state index in [0.29, 0.717) is 25.8 Å². The number of piperidine rings is 1. The Labute approximate surface area is 153 Å². The van der Waals surface area contributed by atoms with Crippen molar-refractivity contribution >= 4 is 16.7 Å². The molecule has 0 saturated carbocycles. The Kier molecular flexibility index (Phi) is 4.57. The van der Waals surface area contributed by atoms with Gasteiger partial charge in [0.05, 0.1) is 11.1 Å². The molecule has 3 N–H and O–H groups in total. The number of aliphatic hydroxyl groups is 1. The molecule has 26 heavy (non-hydrogen) atoms. The van der Waals surface area contributed by atoms with Crippen LogP contribution in [0.2, 0.25) is 0 Å². The third kappa shape index (κ3) is 3.16. The molecule has 5 heteroatoms. The minimum Gasteiger partial charge on any atom is -0.385 e. The van der Waals surface area contributed by atoms with Gasteiger partial charge in [-0.25, -0.2) is 9.97 Å². The van der Waals surface area contributed by atoms with Crippen LogP contribution in [0.4, 0.5) is 5.82 Å². The molecule has 1 aliphatic heterocycles. The van der Waals surface area contributed by atoms with E-state index in [1.807, 2.05) is 48.5 Å². The number of nitrogens with zero attached hydrogens (tertiary/aromatic N) is 3. The lowest BCUT2D eigenvalue weighted by molar-refractivity contribution is 0.0117. The van der Waals surface area contributed by atoms with Gasteiger partial charge >= 0.3 is 0 Å². The van der Waals surface area contributed by atoms with Crippen LogP contribution in [0.25, 0.3) is 10.9 Å². The van der Waals surface area contributed by atoms with E-state index in [-0.39, 0.29) is 0 Å². The third-order valence-corrected chi connectivity index (χ3v) is 5.20. The number of hydrogen-bond donors (Lipinski definition) is 2. The zero-order valence-electron chi connectivity index (χ0n) is 14.8. The zero-order chi connectivity index (χ0) is 18.0. The fourth-order valence-electron chi connectivity index (χ4n) is 3.71. The number of nitrogens with two attached hydrogens (primary N) is 1. The highest BCUT2D eigenvalue weighted by atomic mass is 16.3. The van der Waals surface area contributed by atoms with E-state index in [0.717, 1.165) is 41.2 Å². The summed E-state index contributed by atoms with van der Waals surface area (Å²) in [4.78, 5) is 11.7. The van der Waals surface area contributed by atoms with Crippen LogP contribution < -0.4 is 10.6 Å². The number of benzene rings is 2. The van der Waals surface area contributed by atoms with Crippen LogP contribution in [0, 0.1) is 0 Å². The molecule has 0 unspecified atom stereocenters. The largest absolute Gasteiger partial charge is 0.385 e. The van der Waals surface area contributed by atoms with Gasteiger partial charge in [-0.1, -0.05) is 42.5 Å². The van der Waals surface area contributed by atoms with Crippen LogP contribution in [0.3, 0.4) is 0 Å². The molecule has 1 fully saturated rings. The summed E-state index contributed by atoms with van der Waals surface area (Å²) in [6, 6.07) is 18.1. The van der Waals surface area contributed by atoms with Gasteiger partial charge in [-0.2, -0.15) is 0 Å². The summed E-state index contributed by atoms with van der Waals surface area (Å²) in [7, 11) is 0. The molecule has 3 aromatic rings. The SMILES string of the molecule is NCCc1nc(N2CCC(O)(c3ccccc3)CC2)c2ccccc2n1. The van der Waals surface area contributed by atoms with Crippen molar-refractivity contribution in [2.24, 2.45) is 5.73 Å². The minimum absolute atomic E-state index is 0.533. The zero-order valence-corrected chi connectivity index (χ0v) is 14.8. The molecule has 1 saturated heterocycles. The summed E-state index contributed by atoms with van der Waals surface area (Å²) in [5.41, 5.74) is 6.89. The number of anilines is 1. The molecule has 0 amide bonds. The quantitative estimate of drug-likeness (QED) is 0.758. The fraction of sp³-hybridized carbons (Fsp3) is 0.333. The van der Waals surface area contributed by atoms with Crippen molar-refractivity contribution in [1.82, 2.24) is 9.97 Å². The summed E-state index contributed by atoms with van der Waals surface area (Å²) in [5.74, 6) is 1.74. The second-order valence-electron chi connectivity index (χ2n) is 6.90. The molecular formula is C21H24N4O. The van der Waals surface area contributed by atoms with E-state index in [9.17, 15) is 5.11 Å². The number of rotatable bonds is 4. The predicted octanol–water partition coefficient (Wildman–Crippen LogP) is 2.62. The van der Waals surface area contributed by atoms with Gasteiger partial charge in [0, 0.05) is 24.9 Å². The highest BCUT2D eigenvalue weighted by molar-refractivity contribution is 5.89. The molecule has 0 atom stereocenters. The second-order valence-corrected chi connectivity index (χ2v) is 6.90. The Bertz CT molecular complexity index is 889. The normalized spacial score (nSPS) is 16.8. The van der Waals surface area contributed by atoms with E-state index in [4.69, 9.17) is 10.7 Å². The molecule has 1 aromatic heterocycles. The van der Waals surface area contributed by atoms with Crippen molar-refractivity contribution in [3.05, 3.63) is 66.0 Å². The van der Waals surface area contributed by atoms with Crippen molar-refractivity contribution < 1.29 is 5.11 Å². The minimum atomic E-state index is -0.763. The number of fused-ring (bicyclic) bond motifs is 1. The van der Waals surface area contributed by atoms with Gasteiger partial charge < -0.3 is 15.7 Å². The van der Waals surface area contributed by atoms with Crippen molar-refractivity contribution in [1.29, 1.82) is 0 Å². The van der Waals surface area contributed by atoms with Gasteiger partial charge in [0.1, 0.15) is 11.6 Å². The summed E-state index contributed by atoms with van der Waals surface area (Å²) in [6.07, 6.45) is 2.03. The lowest BCUT2D eigenvalue weighted by atomic mass is 9.84. The molecule has 0 radical (unpaired) electrons. The van der Waals surface area contributed by atoms with Gasteiger partial charge in [-0.05, 0) is 37.1 Å². The Morgan fingerprint density at radius 1 is 0.962 bits per heavy atom. The highest BCUT2D eigenvalue weighted by Crippen LogP contribution is 2.35. The van der Waals surface area contributed by atoms with E-state index in [1.54, 1.807) is 0 Å². The second kappa shape index (κ2) is 7.02. The Balaban J connectivity index is 1.63. The lowest BCUT2D eigenvalue weighted by Gasteiger charge is -2.39. The third-order valence-electron chi connectivity index (χ3n) is 5.20. The molecule has 0 spiro atoms. The van der Waals surface area contributed by atoms with Gasteiger partial charge in [0.25, 0.3) is 0 Å². The topological polar surface area (TPSA) is 75.3 Å². The van der Waals surface area contributed by atoms with Gasteiger partial charge in [0.2, 0.25) is 0 Å². The van der Waals surface area contributed by atoms with Crippen LogP contribution in [0.1, 0.15) is 24.2 Å². The van der Waals surface area contributed by atoms with Gasteiger partial charge in [0.15, 0.2) is 0 Å². The van der Waals surface area contributed by atoms with E-state index < -0.39 is 5.60 Å². The number of aromatic nitrogens is 2. The standard InChI is InChI=1S/C21H24N4O/c22-13-10-19-23-18-9-5-4-8-17(18)20(24-19)25-14-11-21(26,12-15-25)16-6-2-1-3-7-16/h1-9,26H,10-15,22H2.